The van der Waals surface area contributed by atoms with Gasteiger partial charge in [-0.15, -0.1) is 0 Å². The van der Waals surface area contributed by atoms with Crippen molar-refractivity contribution >= 4 is 26.0 Å². The molecule has 0 aliphatic heterocycles. The zero-order valence-electron chi connectivity index (χ0n) is 11.2. The number of rotatable bonds is 6. The number of hydrogen-bond donors (Lipinski definition) is 1. The van der Waals surface area contributed by atoms with Crippen LogP contribution in [-0.2, 0) is 16.6 Å². The van der Waals surface area contributed by atoms with Crippen LogP contribution in [0.1, 0.15) is 19.4 Å². The topological polar surface area (TPSA) is 63.4 Å². The van der Waals surface area contributed by atoms with Gasteiger partial charge in [-0.2, -0.15) is 4.31 Å². The third kappa shape index (κ3) is 3.89. The summed E-state index contributed by atoms with van der Waals surface area (Å²) >= 11 is 3.30. The molecule has 0 saturated heterocycles. The monoisotopic (exact) mass is 346 g/mol. The fourth-order valence-electron chi connectivity index (χ4n) is 1.69. The molecule has 0 aliphatic rings. The smallest absolute Gasteiger partial charge is 0.244 e. The van der Waals surface area contributed by atoms with Crippen LogP contribution in [0.2, 0.25) is 0 Å². The predicted octanol–water partition coefficient (Wildman–Crippen LogP) is 2.49. The molecular formula is C13H19BrN2O2S. The lowest BCUT2D eigenvalue weighted by molar-refractivity contribution is 0.452. The molecule has 0 unspecified atom stereocenters. The van der Waals surface area contributed by atoms with E-state index in [-0.39, 0.29) is 4.90 Å². The van der Waals surface area contributed by atoms with Gasteiger partial charge in [-0.25, -0.2) is 8.42 Å². The van der Waals surface area contributed by atoms with Gasteiger partial charge >= 0.3 is 0 Å². The Hall–Kier alpha value is -0.690. The van der Waals surface area contributed by atoms with Gasteiger partial charge < -0.3 is 5.73 Å². The summed E-state index contributed by atoms with van der Waals surface area (Å²) in [5.41, 5.74) is 7.23. The van der Waals surface area contributed by atoms with E-state index in [1.165, 1.54) is 4.31 Å². The molecule has 19 heavy (non-hydrogen) atoms. The number of nitrogens with two attached hydrogens (primary N) is 1. The second-order valence-corrected chi connectivity index (χ2v) is 7.12. The van der Waals surface area contributed by atoms with E-state index in [9.17, 15) is 8.42 Å². The molecule has 0 amide bonds. The molecule has 0 atom stereocenters. The first-order chi connectivity index (χ1) is 8.82. The van der Waals surface area contributed by atoms with E-state index in [0.29, 0.717) is 24.1 Å². The van der Waals surface area contributed by atoms with Crippen LogP contribution in [0.5, 0.6) is 0 Å². The van der Waals surface area contributed by atoms with Gasteiger partial charge in [0.05, 0.1) is 4.90 Å². The van der Waals surface area contributed by atoms with Gasteiger partial charge in [0.2, 0.25) is 10.0 Å². The van der Waals surface area contributed by atoms with E-state index in [4.69, 9.17) is 5.73 Å². The molecule has 6 heteroatoms. The van der Waals surface area contributed by atoms with Gasteiger partial charge in [0.15, 0.2) is 0 Å². The van der Waals surface area contributed by atoms with E-state index in [2.05, 4.69) is 22.5 Å². The molecule has 0 radical (unpaired) electrons. The third-order valence-electron chi connectivity index (χ3n) is 2.65. The van der Waals surface area contributed by atoms with Crippen molar-refractivity contribution in [2.45, 2.75) is 25.3 Å². The average molecular weight is 347 g/mol. The van der Waals surface area contributed by atoms with Gasteiger partial charge in [0.25, 0.3) is 0 Å². The summed E-state index contributed by atoms with van der Waals surface area (Å²) in [6.45, 7) is 8.49. The van der Waals surface area contributed by atoms with Crippen LogP contribution in [0, 0.1) is 0 Å². The molecule has 0 aromatic heterocycles. The van der Waals surface area contributed by atoms with Crippen LogP contribution in [-0.4, -0.2) is 25.8 Å². The van der Waals surface area contributed by atoms with Crippen LogP contribution < -0.4 is 5.73 Å². The van der Waals surface area contributed by atoms with Crippen LogP contribution in [0.15, 0.2) is 39.7 Å². The molecule has 0 saturated carbocycles. The number of benzene rings is 1. The Bertz CT molecular complexity index is 570. The number of nitrogens with zero attached hydrogens (tertiary/aromatic N) is 1. The summed E-state index contributed by atoms with van der Waals surface area (Å²) in [5, 5.41) is 0. The SMILES string of the molecule is C=C(C)CN(CC)S(=O)(=O)c1ccc(CN)cc1Br. The van der Waals surface area contributed by atoms with Crippen molar-refractivity contribution in [2.75, 3.05) is 13.1 Å². The van der Waals surface area contributed by atoms with Crippen LogP contribution >= 0.6 is 15.9 Å². The van der Waals surface area contributed by atoms with Crippen LogP contribution in [0.3, 0.4) is 0 Å². The highest BCUT2D eigenvalue weighted by molar-refractivity contribution is 9.10. The maximum Gasteiger partial charge on any atom is 0.244 e. The Balaban J connectivity index is 3.22. The first-order valence-corrected chi connectivity index (χ1v) is 8.19. The van der Waals surface area contributed by atoms with Crippen molar-refractivity contribution in [1.82, 2.24) is 4.31 Å². The van der Waals surface area contributed by atoms with E-state index < -0.39 is 10.0 Å². The molecule has 0 fully saturated rings. The molecular weight excluding hydrogens is 328 g/mol. The molecule has 1 rings (SSSR count). The molecule has 0 bridgehead atoms. The molecule has 0 heterocycles. The normalized spacial score (nSPS) is 11.8. The maximum absolute atomic E-state index is 12.5. The maximum atomic E-state index is 12.5. The highest BCUT2D eigenvalue weighted by Gasteiger charge is 2.25. The van der Waals surface area contributed by atoms with Gasteiger partial charge in [-0.3, -0.25) is 0 Å². The van der Waals surface area contributed by atoms with E-state index in [1.54, 1.807) is 18.2 Å². The Morgan fingerprint density at radius 2 is 2.11 bits per heavy atom. The molecule has 0 spiro atoms. The molecule has 4 nitrogen and oxygen atoms in total. The van der Waals surface area contributed by atoms with E-state index in [1.807, 2.05) is 13.8 Å². The fourth-order valence-corrected chi connectivity index (χ4v) is 4.28. The van der Waals surface area contributed by atoms with Crippen molar-refractivity contribution in [1.29, 1.82) is 0 Å². The standard InChI is InChI=1S/C13H19BrN2O2S/c1-4-16(9-10(2)3)19(17,18)13-6-5-11(8-15)7-12(13)14/h5-7H,2,4,8-9,15H2,1,3H3. The lowest BCUT2D eigenvalue weighted by Gasteiger charge is -2.21. The van der Waals surface area contributed by atoms with E-state index in [0.717, 1.165) is 11.1 Å². The summed E-state index contributed by atoms with van der Waals surface area (Å²) in [6, 6.07) is 5.05. The number of sulfonamides is 1. The Labute approximate surface area is 123 Å². The highest BCUT2D eigenvalue weighted by Crippen LogP contribution is 2.26. The molecule has 1 aromatic rings. The van der Waals surface area contributed by atoms with Gasteiger partial charge in [0, 0.05) is 24.1 Å². The summed E-state index contributed by atoms with van der Waals surface area (Å²) in [6.07, 6.45) is 0. The number of halogens is 1. The molecule has 1 aromatic carbocycles. The molecule has 106 valence electrons. The van der Waals surface area contributed by atoms with Crippen LogP contribution in [0.25, 0.3) is 0 Å². The van der Waals surface area contributed by atoms with Crippen molar-refractivity contribution in [3.05, 3.63) is 40.4 Å². The molecule has 2 N–H and O–H groups in total. The summed E-state index contributed by atoms with van der Waals surface area (Å²) in [4.78, 5) is 0.257. The minimum atomic E-state index is -3.52. The summed E-state index contributed by atoms with van der Waals surface area (Å²) in [5.74, 6) is 0. The lowest BCUT2D eigenvalue weighted by Crippen LogP contribution is -2.32. The van der Waals surface area contributed by atoms with E-state index >= 15 is 0 Å². The average Bonchev–Trinajstić information content (AvgIpc) is 2.34. The van der Waals surface area contributed by atoms with Gasteiger partial charge in [-0.1, -0.05) is 25.1 Å². The summed E-state index contributed by atoms with van der Waals surface area (Å²) in [7, 11) is -3.52. The Morgan fingerprint density at radius 3 is 2.53 bits per heavy atom. The fraction of sp³-hybridized carbons (Fsp3) is 0.385. The van der Waals surface area contributed by atoms with Crippen molar-refractivity contribution in [3.8, 4) is 0 Å². The first kappa shape index (κ1) is 16.4. The lowest BCUT2D eigenvalue weighted by atomic mass is 10.2. The van der Waals surface area contributed by atoms with Gasteiger partial charge in [-0.05, 0) is 40.5 Å². The number of likely N-dealkylation sites (N-methyl/N-ethyl adjacent to an activating group) is 1. The minimum Gasteiger partial charge on any atom is -0.326 e. The second kappa shape index (κ2) is 6.65. The number of hydrogen-bond acceptors (Lipinski definition) is 3. The van der Waals surface area contributed by atoms with Crippen molar-refractivity contribution in [3.63, 3.8) is 0 Å². The van der Waals surface area contributed by atoms with Crippen LogP contribution in [0.4, 0.5) is 0 Å². The second-order valence-electron chi connectivity index (χ2n) is 4.36. The van der Waals surface area contributed by atoms with Crippen molar-refractivity contribution < 1.29 is 8.42 Å². The zero-order valence-corrected chi connectivity index (χ0v) is 13.6. The zero-order chi connectivity index (χ0) is 14.6. The third-order valence-corrected chi connectivity index (χ3v) is 5.55. The molecule has 0 aliphatic carbocycles. The predicted molar refractivity (Wildman–Crippen MR) is 81.3 cm³/mol. The Kier molecular flexibility index (Phi) is 5.73. The largest absolute Gasteiger partial charge is 0.326 e. The Morgan fingerprint density at radius 1 is 1.47 bits per heavy atom. The van der Waals surface area contributed by atoms with Crippen molar-refractivity contribution in [2.24, 2.45) is 5.73 Å². The van der Waals surface area contributed by atoms with Gasteiger partial charge in [0.1, 0.15) is 0 Å². The quantitative estimate of drug-likeness (QED) is 0.804. The summed E-state index contributed by atoms with van der Waals surface area (Å²) < 4.78 is 27.0. The minimum absolute atomic E-state index is 0.257. The highest BCUT2D eigenvalue weighted by atomic mass is 79.9. The first-order valence-electron chi connectivity index (χ1n) is 5.96.